The van der Waals surface area contributed by atoms with Crippen molar-refractivity contribution < 1.29 is 14.6 Å². The Kier molecular flexibility index (Phi) is 2.80. The lowest BCUT2D eigenvalue weighted by atomic mass is 10.3. The molecule has 5 nitrogen and oxygen atoms in total. The fraction of sp³-hybridized carbons (Fsp3) is 0.500. The summed E-state index contributed by atoms with van der Waals surface area (Å²) >= 11 is 0. The van der Waals surface area contributed by atoms with Crippen molar-refractivity contribution in [1.82, 2.24) is 10.2 Å². The molecule has 2 rings (SSSR count). The minimum absolute atomic E-state index is 0.0702. The molecule has 15 heavy (non-hydrogen) atoms. The molecule has 0 aliphatic heterocycles. The summed E-state index contributed by atoms with van der Waals surface area (Å²) < 4.78 is 5.29. The van der Waals surface area contributed by atoms with E-state index in [1.807, 2.05) is 0 Å². The van der Waals surface area contributed by atoms with E-state index in [-0.39, 0.29) is 11.4 Å². The number of nitrogens with zero attached hydrogens (tertiary/aromatic N) is 2. The van der Waals surface area contributed by atoms with Crippen LogP contribution in [0.1, 0.15) is 29.6 Å². The molecule has 1 heterocycles. The van der Waals surface area contributed by atoms with E-state index in [2.05, 4.69) is 10.2 Å². The van der Waals surface area contributed by atoms with E-state index < -0.39 is 5.97 Å². The van der Waals surface area contributed by atoms with Gasteiger partial charge in [-0.2, -0.15) is 5.10 Å². The fourth-order valence-electron chi connectivity index (χ4n) is 1.32. The maximum Gasteiger partial charge on any atom is 0.341 e. The zero-order valence-corrected chi connectivity index (χ0v) is 8.22. The normalized spacial score (nSPS) is 14.9. The Balaban J connectivity index is 1.95. The maximum atomic E-state index is 10.8. The van der Waals surface area contributed by atoms with Crippen LogP contribution in [0.2, 0.25) is 0 Å². The molecule has 1 aliphatic rings. The van der Waals surface area contributed by atoms with Crippen molar-refractivity contribution in [3.8, 4) is 5.88 Å². The van der Waals surface area contributed by atoms with Crippen LogP contribution >= 0.6 is 0 Å². The summed E-state index contributed by atoms with van der Waals surface area (Å²) in [6, 6.07) is 1.39. The first kappa shape index (κ1) is 9.89. The van der Waals surface area contributed by atoms with Gasteiger partial charge in [0.25, 0.3) is 0 Å². The van der Waals surface area contributed by atoms with Crippen molar-refractivity contribution in [3.63, 3.8) is 0 Å². The second kappa shape index (κ2) is 4.25. The number of carboxylic acids is 1. The number of aromatic carboxylic acids is 1. The van der Waals surface area contributed by atoms with E-state index in [9.17, 15) is 4.79 Å². The van der Waals surface area contributed by atoms with Gasteiger partial charge in [-0.15, -0.1) is 5.10 Å². The zero-order chi connectivity index (χ0) is 10.7. The van der Waals surface area contributed by atoms with Crippen molar-refractivity contribution >= 4 is 5.97 Å². The Labute approximate surface area is 87.1 Å². The van der Waals surface area contributed by atoms with Gasteiger partial charge in [-0.1, -0.05) is 12.8 Å². The monoisotopic (exact) mass is 208 g/mol. The molecule has 0 aromatic carbocycles. The van der Waals surface area contributed by atoms with Crippen LogP contribution in [0.5, 0.6) is 5.88 Å². The van der Waals surface area contributed by atoms with Crippen LogP contribution in [0.25, 0.3) is 0 Å². The van der Waals surface area contributed by atoms with Gasteiger partial charge in [-0.25, -0.2) is 4.79 Å². The molecule has 0 spiro atoms. The third kappa shape index (κ3) is 2.65. The number of hydrogen-bond acceptors (Lipinski definition) is 4. The molecular formula is C10H12N2O3. The van der Waals surface area contributed by atoms with Gasteiger partial charge in [0, 0.05) is 0 Å². The van der Waals surface area contributed by atoms with Crippen LogP contribution in [0.3, 0.4) is 0 Å². The number of ether oxygens (including phenoxy) is 1. The topological polar surface area (TPSA) is 72.3 Å². The number of aromatic nitrogens is 2. The van der Waals surface area contributed by atoms with Crippen molar-refractivity contribution in [1.29, 1.82) is 0 Å². The molecule has 1 aliphatic carbocycles. The average Bonchev–Trinajstić information content (AvgIpc) is 3.02. The molecule has 0 amide bonds. The third-order valence-electron chi connectivity index (χ3n) is 2.38. The smallest absolute Gasteiger partial charge is 0.341 e. The lowest BCUT2D eigenvalue weighted by Crippen LogP contribution is -2.07. The minimum Gasteiger partial charge on any atom is -0.477 e. The molecule has 0 saturated heterocycles. The van der Waals surface area contributed by atoms with Crippen LogP contribution in [-0.2, 0) is 0 Å². The summed E-state index contributed by atoms with van der Waals surface area (Å²) in [5.41, 5.74) is 0.0702. The largest absolute Gasteiger partial charge is 0.477 e. The first-order valence-corrected chi connectivity index (χ1v) is 4.95. The highest BCUT2D eigenvalue weighted by Gasteiger charge is 2.21. The van der Waals surface area contributed by atoms with Crippen LogP contribution in [0, 0.1) is 5.92 Å². The van der Waals surface area contributed by atoms with Gasteiger partial charge in [-0.3, -0.25) is 0 Å². The molecular weight excluding hydrogens is 196 g/mol. The Hall–Kier alpha value is -1.65. The lowest BCUT2D eigenvalue weighted by molar-refractivity contribution is 0.0690. The predicted molar refractivity (Wildman–Crippen MR) is 51.8 cm³/mol. The number of hydrogen-bond donors (Lipinski definition) is 1. The standard InChI is InChI=1S/C10H12N2O3/c13-10(14)8-3-5-11-12-9(8)15-6-4-7-1-2-7/h3,5,7H,1-2,4,6H2,(H,13,14). The average molecular weight is 208 g/mol. The van der Waals surface area contributed by atoms with Crippen LogP contribution in [0.15, 0.2) is 12.3 Å². The maximum absolute atomic E-state index is 10.8. The molecule has 5 heteroatoms. The van der Waals surface area contributed by atoms with Gasteiger partial charge in [-0.05, 0) is 18.4 Å². The Morgan fingerprint density at radius 3 is 3.07 bits per heavy atom. The van der Waals surface area contributed by atoms with Crippen molar-refractivity contribution in [2.24, 2.45) is 5.92 Å². The van der Waals surface area contributed by atoms with Gasteiger partial charge in [0.2, 0.25) is 5.88 Å². The van der Waals surface area contributed by atoms with Gasteiger partial charge in [0.1, 0.15) is 5.56 Å². The summed E-state index contributed by atoms with van der Waals surface area (Å²) in [7, 11) is 0. The van der Waals surface area contributed by atoms with E-state index in [1.54, 1.807) is 0 Å². The first-order chi connectivity index (χ1) is 7.27. The molecule has 1 saturated carbocycles. The van der Waals surface area contributed by atoms with Crippen LogP contribution in [0.4, 0.5) is 0 Å². The molecule has 0 radical (unpaired) electrons. The van der Waals surface area contributed by atoms with E-state index >= 15 is 0 Å². The van der Waals surface area contributed by atoms with Crippen molar-refractivity contribution in [2.75, 3.05) is 6.61 Å². The zero-order valence-electron chi connectivity index (χ0n) is 8.22. The van der Waals surface area contributed by atoms with Gasteiger partial charge in [0.05, 0.1) is 12.8 Å². The summed E-state index contributed by atoms with van der Waals surface area (Å²) in [5.74, 6) is -0.160. The van der Waals surface area contributed by atoms with Gasteiger partial charge in [0.15, 0.2) is 0 Å². The number of carboxylic acid groups (broad SMARTS) is 1. The fourth-order valence-corrected chi connectivity index (χ4v) is 1.32. The Bertz CT molecular complexity index is 363. The van der Waals surface area contributed by atoms with E-state index in [0.717, 1.165) is 12.3 Å². The van der Waals surface area contributed by atoms with Crippen molar-refractivity contribution in [2.45, 2.75) is 19.3 Å². The Morgan fingerprint density at radius 1 is 1.60 bits per heavy atom. The van der Waals surface area contributed by atoms with Crippen LogP contribution < -0.4 is 4.74 Å². The molecule has 1 N–H and O–H groups in total. The van der Waals surface area contributed by atoms with Gasteiger partial charge >= 0.3 is 5.97 Å². The molecule has 0 unspecified atom stereocenters. The predicted octanol–water partition coefficient (Wildman–Crippen LogP) is 1.35. The van der Waals surface area contributed by atoms with Crippen LogP contribution in [-0.4, -0.2) is 27.9 Å². The highest BCUT2D eigenvalue weighted by molar-refractivity contribution is 5.89. The number of rotatable bonds is 5. The quantitative estimate of drug-likeness (QED) is 0.790. The first-order valence-electron chi connectivity index (χ1n) is 4.95. The highest BCUT2D eigenvalue weighted by atomic mass is 16.5. The van der Waals surface area contributed by atoms with E-state index in [1.165, 1.54) is 25.1 Å². The van der Waals surface area contributed by atoms with E-state index in [4.69, 9.17) is 9.84 Å². The summed E-state index contributed by atoms with van der Waals surface area (Å²) in [6.07, 6.45) is 4.83. The molecule has 0 bridgehead atoms. The molecule has 1 aromatic rings. The molecule has 1 fully saturated rings. The highest BCUT2D eigenvalue weighted by Crippen LogP contribution is 2.32. The second-order valence-electron chi connectivity index (χ2n) is 3.64. The molecule has 0 atom stereocenters. The summed E-state index contributed by atoms with van der Waals surface area (Å²) in [5, 5.41) is 16.1. The minimum atomic E-state index is -1.04. The summed E-state index contributed by atoms with van der Waals surface area (Å²) in [4.78, 5) is 10.8. The Morgan fingerprint density at radius 2 is 2.40 bits per heavy atom. The summed E-state index contributed by atoms with van der Waals surface area (Å²) in [6.45, 7) is 0.518. The SMILES string of the molecule is O=C(O)c1ccnnc1OCCC1CC1. The third-order valence-corrected chi connectivity index (χ3v) is 2.38. The second-order valence-corrected chi connectivity index (χ2v) is 3.64. The molecule has 1 aromatic heterocycles. The van der Waals surface area contributed by atoms with Crippen molar-refractivity contribution in [3.05, 3.63) is 17.8 Å². The van der Waals surface area contributed by atoms with Gasteiger partial charge < -0.3 is 9.84 Å². The van der Waals surface area contributed by atoms with E-state index in [0.29, 0.717) is 6.61 Å². The molecule has 80 valence electrons. The number of carbonyl (C=O) groups is 1. The lowest BCUT2D eigenvalue weighted by Gasteiger charge is -2.05.